The van der Waals surface area contributed by atoms with E-state index in [1.807, 2.05) is 0 Å². The summed E-state index contributed by atoms with van der Waals surface area (Å²) >= 11 is 5.60. The van der Waals surface area contributed by atoms with Crippen LogP contribution in [0.5, 0.6) is 5.75 Å². The van der Waals surface area contributed by atoms with Gasteiger partial charge in [0.25, 0.3) is 0 Å². The Morgan fingerprint density at radius 2 is 1.69 bits per heavy atom. The molecule has 0 heterocycles. The molecule has 8 heteroatoms. The normalized spacial score (nSPS) is 11.3. The largest absolute Gasteiger partial charge is 0.573 e. The van der Waals surface area contributed by atoms with Crippen molar-refractivity contribution >= 4 is 37.8 Å². The summed E-state index contributed by atoms with van der Waals surface area (Å²) in [5.41, 5.74) is -0.159. The molecule has 1 aromatic rings. The van der Waals surface area contributed by atoms with Crippen molar-refractivity contribution in [1.29, 1.82) is 0 Å². The molecule has 1 rings (SSSR count). The van der Waals surface area contributed by atoms with E-state index in [4.69, 9.17) is 5.11 Å². The molecule has 0 radical (unpaired) electrons. The van der Waals surface area contributed by atoms with Crippen LogP contribution >= 0.6 is 31.9 Å². The minimum Gasteiger partial charge on any atom is -0.478 e. The fourth-order valence-corrected chi connectivity index (χ4v) is 2.24. The molecule has 0 atom stereocenters. The number of ether oxygens (including phenoxy) is 1. The third-order valence-corrected chi connectivity index (χ3v) is 2.64. The fourth-order valence-electron chi connectivity index (χ4n) is 0.897. The van der Waals surface area contributed by atoms with Crippen LogP contribution in [0.4, 0.5) is 13.2 Å². The minimum absolute atomic E-state index is 0.100. The van der Waals surface area contributed by atoms with Gasteiger partial charge < -0.3 is 9.84 Å². The van der Waals surface area contributed by atoms with Crippen LogP contribution in [0.1, 0.15) is 10.4 Å². The molecule has 16 heavy (non-hydrogen) atoms. The summed E-state index contributed by atoms with van der Waals surface area (Å²) in [7, 11) is 0. The van der Waals surface area contributed by atoms with E-state index in [-0.39, 0.29) is 14.5 Å². The van der Waals surface area contributed by atoms with Crippen LogP contribution in [0, 0.1) is 0 Å². The molecule has 0 aliphatic rings. The fraction of sp³-hybridized carbons (Fsp3) is 0.125. The summed E-state index contributed by atoms with van der Waals surface area (Å²) < 4.78 is 39.5. The summed E-state index contributed by atoms with van der Waals surface area (Å²) in [4.78, 5) is 10.6. The molecule has 0 aliphatic heterocycles. The molecule has 88 valence electrons. The van der Waals surface area contributed by atoms with Crippen molar-refractivity contribution in [2.75, 3.05) is 0 Å². The number of hydrogen-bond acceptors (Lipinski definition) is 2. The topological polar surface area (TPSA) is 46.5 Å². The highest BCUT2D eigenvalue weighted by atomic mass is 79.9. The molecule has 0 saturated heterocycles. The van der Waals surface area contributed by atoms with Gasteiger partial charge in [-0.1, -0.05) is 0 Å². The van der Waals surface area contributed by atoms with E-state index < -0.39 is 18.1 Å². The van der Waals surface area contributed by atoms with Gasteiger partial charge in [0.2, 0.25) is 0 Å². The smallest absolute Gasteiger partial charge is 0.478 e. The third kappa shape index (κ3) is 3.38. The Balaban J connectivity index is 3.18. The molecule has 0 unspecified atom stereocenters. The average molecular weight is 364 g/mol. The molecule has 3 nitrogen and oxygen atoms in total. The zero-order valence-electron chi connectivity index (χ0n) is 7.31. The highest BCUT2D eigenvalue weighted by Crippen LogP contribution is 2.38. The first-order valence-corrected chi connectivity index (χ1v) is 5.27. The van der Waals surface area contributed by atoms with Crippen molar-refractivity contribution in [1.82, 2.24) is 0 Å². The number of aromatic carboxylic acids is 1. The van der Waals surface area contributed by atoms with Gasteiger partial charge in [0.15, 0.2) is 5.75 Å². The second kappa shape index (κ2) is 4.62. The summed E-state index contributed by atoms with van der Waals surface area (Å²) in [6, 6.07) is 2.04. The van der Waals surface area contributed by atoms with Crippen LogP contribution in [0.15, 0.2) is 21.1 Å². The number of carboxylic acids is 1. The van der Waals surface area contributed by atoms with Gasteiger partial charge in [-0.2, -0.15) is 0 Å². The Labute approximate surface area is 104 Å². The molecular weight excluding hydrogens is 361 g/mol. The standard InChI is InChI=1S/C8H3Br2F3O3/c9-4-1-3(7(14)15)2-5(10)6(4)16-8(11,12)13/h1-2H,(H,14,15). The van der Waals surface area contributed by atoms with Crippen LogP contribution in [0.3, 0.4) is 0 Å². The summed E-state index contributed by atoms with van der Waals surface area (Å²) in [5.74, 6) is -1.77. The number of alkyl halides is 3. The van der Waals surface area contributed by atoms with Crippen LogP contribution in [-0.4, -0.2) is 17.4 Å². The number of rotatable bonds is 2. The van der Waals surface area contributed by atoms with E-state index in [0.717, 1.165) is 12.1 Å². The number of carbonyl (C=O) groups is 1. The van der Waals surface area contributed by atoms with Crippen LogP contribution < -0.4 is 4.74 Å². The number of halogens is 5. The predicted molar refractivity (Wildman–Crippen MR) is 55.5 cm³/mol. The van der Waals surface area contributed by atoms with E-state index in [1.165, 1.54) is 0 Å². The predicted octanol–water partition coefficient (Wildman–Crippen LogP) is 3.81. The van der Waals surface area contributed by atoms with E-state index in [9.17, 15) is 18.0 Å². The third-order valence-electron chi connectivity index (χ3n) is 1.46. The Kier molecular flexibility index (Phi) is 3.84. The van der Waals surface area contributed by atoms with E-state index in [1.54, 1.807) is 0 Å². The highest BCUT2D eigenvalue weighted by molar-refractivity contribution is 9.11. The Morgan fingerprint density at radius 1 is 1.25 bits per heavy atom. The maximum atomic E-state index is 12.0. The maximum absolute atomic E-state index is 12.0. The maximum Gasteiger partial charge on any atom is 0.573 e. The van der Waals surface area contributed by atoms with Crippen molar-refractivity contribution < 1.29 is 27.8 Å². The number of carboxylic acid groups (broad SMARTS) is 1. The second-order valence-corrected chi connectivity index (χ2v) is 4.33. The first-order valence-electron chi connectivity index (χ1n) is 3.69. The monoisotopic (exact) mass is 362 g/mol. The lowest BCUT2D eigenvalue weighted by atomic mass is 10.2. The number of hydrogen-bond donors (Lipinski definition) is 1. The molecule has 0 spiro atoms. The van der Waals surface area contributed by atoms with Crippen molar-refractivity contribution in [3.05, 3.63) is 26.6 Å². The molecule has 1 aromatic carbocycles. The Hall–Kier alpha value is -0.760. The van der Waals surface area contributed by atoms with E-state index in [2.05, 4.69) is 36.6 Å². The molecule has 0 aliphatic carbocycles. The van der Waals surface area contributed by atoms with Crippen LogP contribution in [0.25, 0.3) is 0 Å². The lowest BCUT2D eigenvalue weighted by molar-refractivity contribution is -0.275. The molecule has 0 fully saturated rings. The van der Waals surface area contributed by atoms with E-state index in [0.29, 0.717) is 0 Å². The minimum atomic E-state index is -4.84. The van der Waals surface area contributed by atoms with Crippen molar-refractivity contribution in [2.24, 2.45) is 0 Å². The van der Waals surface area contributed by atoms with Gasteiger partial charge >= 0.3 is 12.3 Å². The second-order valence-electron chi connectivity index (χ2n) is 2.62. The van der Waals surface area contributed by atoms with Gasteiger partial charge in [-0.25, -0.2) is 4.79 Å². The summed E-state index contributed by atoms with van der Waals surface area (Å²) in [6.07, 6.45) is -4.84. The first kappa shape index (κ1) is 13.3. The van der Waals surface area contributed by atoms with Crippen molar-refractivity contribution in [2.45, 2.75) is 6.36 Å². The van der Waals surface area contributed by atoms with Gasteiger partial charge in [0, 0.05) is 0 Å². The van der Waals surface area contributed by atoms with Gasteiger partial charge in [-0.3, -0.25) is 0 Å². The van der Waals surface area contributed by atoms with Gasteiger partial charge in [0.05, 0.1) is 14.5 Å². The number of benzene rings is 1. The Morgan fingerprint density at radius 3 is 2.00 bits per heavy atom. The van der Waals surface area contributed by atoms with Gasteiger partial charge in [-0.05, 0) is 44.0 Å². The van der Waals surface area contributed by atoms with Gasteiger partial charge in [0.1, 0.15) is 0 Å². The van der Waals surface area contributed by atoms with Crippen LogP contribution in [0.2, 0.25) is 0 Å². The van der Waals surface area contributed by atoms with Crippen LogP contribution in [-0.2, 0) is 0 Å². The average Bonchev–Trinajstić information content (AvgIpc) is 2.09. The first-order chi connectivity index (χ1) is 7.20. The van der Waals surface area contributed by atoms with Crippen molar-refractivity contribution in [3.63, 3.8) is 0 Å². The SMILES string of the molecule is O=C(O)c1cc(Br)c(OC(F)(F)F)c(Br)c1. The summed E-state index contributed by atoms with van der Waals surface area (Å²) in [5, 5.41) is 8.65. The zero-order chi connectivity index (χ0) is 12.5. The molecule has 1 N–H and O–H groups in total. The molecule has 0 aromatic heterocycles. The molecule has 0 amide bonds. The highest BCUT2D eigenvalue weighted by Gasteiger charge is 2.33. The van der Waals surface area contributed by atoms with Gasteiger partial charge in [-0.15, -0.1) is 13.2 Å². The van der Waals surface area contributed by atoms with E-state index >= 15 is 0 Å². The summed E-state index contributed by atoms with van der Waals surface area (Å²) in [6.45, 7) is 0. The lowest BCUT2D eigenvalue weighted by Crippen LogP contribution is -2.18. The van der Waals surface area contributed by atoms with Crippen molar-refractivity contribution in [3.8, 4) is 5.75 Å². The zero-order valence-corrected chi connectivity index (χ0v) is 10.5. The Bertz CT molecular complexity index is 408. The quantitative estimate of drug-likeness (QED) is 0.869. The molecule has 0 bridgehead atoms. The lowest BCUT2D eigenvalue weighted by Gasteiger charge is -2.12. The molecule has 0 saturated carbocycles. The molecular formula is C8H3Br2F3O3.